The summed E-state index contributed by atoms with van der Waals surface area (Å²) in [6, 6.07) is 0.785. The molecule has 4 atom stereocenters. The van der Waals surface area contributed by atoms with Crippen LogP contribution < -0.4 is 11.0 Å². The number of nitrogens with one attached hydrogen (secondary N) is 3. The number of hydrogen-bond acceptors (Lipinski definition) is 4. The Morgan fingerprint density at radius 3 is 2.66 bits per heavy atom. The van der Waals surface area contributed by atoms with Gasteiger partial charge in [-0.05, 0) is 50.5 Å². The van der Waals surface area contributed by atoms with Crippen molar-refractivity contribution in [3.63, 3.8) is 0 Å². The molecule has 4 aliphatic rings. The van der Waals surface area contributed by atoms with Crippen LogP contribution in [0.3, 0.4) is 0 Å². The first kappa shape index (κ1) is 18.9. The molecule has 2 bridgehead atoms. The Bertz CT molecular complexity index is 828. The maximum atomic E-state index is 13.0. The van der Waals surface area contributed by atoms with Gasteiger partial charge in [0.15, 0.2) is 0 Å². The van der Waals surface area contributed by atoms with Crippen molar-refractivity contribution in [2.45, 2.75) is 57.0 Å². The van der Waals surface area contributed by atoms with Gasteiger partial charge in [-0.15, -0.1) is 0 Å². The van der Waals surface area contributed by atoms with E-state index in [0.29, 0.717) is 42.7 Å². The Kier molecular flexibility index (Phi) is 4.97. The lowest BCUT2D eigenvalue weighted by Crippen LogP contribution is -2.66. The molecule has 8 heteroatoms. The molecule has 3 N–H and O–H groups in total. The number of hydrogen-bond donors (Lipinski definition) is 3. The summed E-state index contributed by atoms with van der Waals surface area (Å²) in [6.07, 6.45) is 9.43. The van der Waals surface area contributed by atoms with Gasteiger partial charge in [-0.2, -0.15) is 0 Å². The average Bonchev–Trinajstić information content (AvgIpc) is 3.12. The van der Waals surface area contributed by atoms with E-state index in [1.165, 1.54) is 31.9 Å². The summed E-state index contributed by atoms with van der Waals surface area (Å²) in [5.74, 6) is 1.15. The molecule has 8 nitrogen and oxygen atoms in total. The highest BCUT2D eigenvalue weighted by molar-refractivity contribution is 5.92. The van der Waals surface area contributed by atoms with Gasteiger partial charge < -0.3 is 20.2 Å². The summed E-state index contributed by atoms with van der Waals surface area (Å²) in [5, 5.41) is 3.23. The lowest BCUT2D eigenvalue weighted by Gasteiger charge is -2.56. The lowest BCUT2D eigenvalue weighted by molar-refractivity contribution is -0.128. The van der Waals surface area contributed by atoms with Crippen LogP contribution in [0.5, 0.6) is 0 Å². The number of carbonyl (C=O) groups is 2. The molecule has 4 fully saturated rings. The zero-order valence-electron chi connectivity index (χ0n) is 16.9. The van der Waals surface area contributed by atoms with Gasteiger partial charge >= 0.3 is 5.69 Å². The van der Waals surface area contributed by atoms with Gasteiger partial charge in [-0.3, -0.25) is 14.5 Å². The van der Waals surface area contributed by atoms with Gasteiger partial charge in [-0.1, -0.05) is 12.8 Å². The summed E-state index contributed by atoms with van der Waals surface area (Å²) in [4.78, 5) is 46.5. The molecule has 0 spiro atoms. The van der Waals surface area contributed by atoms with E-state index in [-0.39, 0.29) is 23.4 Å². The number of amides is 2. The molecule has 1 aliphatic carbocycles. The van der Waals surface area contributed by atoms with Crippen LogP contribution in [-0.2, 0) is 4.79 Å². The van der Waals surface area contributed by atoms with Crippen LogP contribution in [0.25, 0.3) is 0 Å². The number of aromatic nitrogens is 2. The van der Waals surface area contributed by atoms with E-state index in [1.807, 2.05) is 4.90 Å². The zero-order valence-corrected chi connectivity index (χ0v) is 16.9. The molecule has 3 aliphatic heterocycles. The molecule has 2 amide bonds. The molecule has 3 saturated heterocycles. The van der Waals surface area contributed by atoms with Gasteiger partial charge in [0.2, 0.25) is 5.91 Å². The minimum Gasteiger partial charge on any atom is -0.354 e. The Hall–Kier alpha value is -2.09. The number of aromatic amines is 2. The third-order valence-electron chi connectivity index (χ3n) is 7.70. The molecule has 0 radical (unpaired) electrons. The predicted octanol–water partition coefficient (Wildman–Crippen LogP) is 0.934. The maximum Gasteiger partial charge on any atom is 0.323 e. The second kappa shape index (κ2) is 7.63. The predicted molar refractivity (Wildman–Crippen MR) is 107 cm³/mol. The average molecular weight is 402 g/mol. The molecular weight excluding hydrogens is 370 g/mol. The van der Waals surface area contributed by atoms with Crippen LogP contribution in [0, 0.1) is 17.8 Å². The van der Waals surface area contributed by atoms with Crippen LogP contribution in [0.15, 0.2) is 11.0 Å². The highest BCUT2D eigenvalue weighted by Crippen LogP contribution is 2.41. The SMILES string of the molecule is O=C(NC[C@H]1[C@H]2C[C@H](CN(C(=O)c3c[nH]c(=O)[nH]3)C2)[C@@H]2CCCCN21)C1CCC1. The molecular formula is C21H31N5O3. The Morgan fingerprint density at radius 1 is 1.10 bits per heavy atom. The molecule has 4 heterocycles. The van der Waals surface area contributed by atoms with E-state index < -0.39 is 0 Å². The van der Waals surface area contributed by atoms with Gasteiger partial charge in [0.05, 0.1) is 0 Å². The zero-order chi connectivity index (χ0) is 20.0. The fraction of sp³-hybridized carbons (Fsp3) is 0.762. The topological polar surface area (TPSA) is 101 Å². The van der Waals surface area contributed by atoms with Crippen molar-refractivity contribution in [3.8, 4) is 0 Å². The first-order chi connectivity index (χ1) is 14.1. The summed E-state index contributed by atoms with van der Waals surface area (Å²) in [6.45, 7) is 3.23. The first-order valence-electron chi connectivity index (χ1n) is 11.2. The van der Waals surface area contributed by atoms with Crippen molar-refractivity contribution in [3.05, 3.63) is 22.4 Å². The maximum absolute atomic E-state index is 13.0. The van der Waals surface area contributed by atoms with Crippen molar-refractivity contribution in [2.24, 2.45) is 17.8 Å². The second-order valence-corrected chi connectivity index (χ2v) is 9.36. The van der Waals surface area contributed by atoms with Crippen LogP contribution in [0.1, 0.15) is 55.4 Å². The largest absolute Gasteiger partial charge is 0.354 e. The highest BCUT2D eigenvalue weighted by atomic mass is 16.2. The third-order valence-corrected chi connectivity index (χ3v) is 7.70. The highest BCUT2D eigenvalue weighted by Gasteiger charge is 2.48. The van der Waals surface area contributed by atoms with Gasteiger partial charge in [-0.25, -0.2) is 4.79 Å². The smallest absolute Gasteiger partial charge is 0.323 e. The molecule has 0 aromatic carbocycles. The number of piperidine rings is 3. The van der Waals surface area contributed by atoms with Crippen molar-refractivity contribution < 1.29 is 9.59 Å². The van der Waals surface area contributed by atoms with Gasteiger partial charge in [0.25, 0.3) is 5.91 Å². The Labute approximate surface area is 170 Å². The van der Waals surface area contributed by atoms with Crippen LogP contribution in [-0.4, -0.2) is 69.8 Å². The number of rotatable bonds is 4. The number of carbonyl (C=O) groups excluding carboxylic acids is 2. The van der Waals surface area contributed by atoms with E-state index in [4.69, 9.17) is 0 Å². The van der Waals surface area contributed by atoms with E-state index in [1.54, 1.807) is 0 Å². The third kappa shape index (κ3) is 3.52. The molecule has 1 aromatic heterocycles. The number of imidazole rings is 1. The molecule has 29 heavy (non-hydrogen) atoms. The monoisotopic (exact) mass is 401 g/mol. The van der Waals surface area contributed by atoms with Crippen LogP contribution in [0.4, 0.5) is 0 Å². The fourth-order valence-corrected chi connectivity index (χ4v) is 5.99. The number of likely N-dealkylation sites (tertiary alicyclic amines) is 1. The molecule has 1 aromatic rings. The summed E-state index contributed by atoms with van der Waals surface area (Å²) in [5.41, 5.74) is -0.00842. The van der Waals surface area contributed by atoms with E-state index in [9.17, 15) is 14.4 Å². The van der Waals surface area contributed by atoms with Crippen molar-refractivity contribution in [2.75, 3.05) is 26.2 Å². The van der Waals surface area contributed by atoms with Crippen molar-refractivity contribution in [1.82, 2.24) is 25.1 Å². The summed E-state index contributed by atoms with van der Waals surface area (Å²) >= 11 is 0. The normalized spacial score (nSPS) is 32.3. The number of nitrogens with zero attached hydrogens (tertiary/aromatic N) is 2. The summed E-state index contributed by atoms with van der Waals surface area (Å²) in [7, 11) is 0. The number of fused-ring (bicyclic) bond motifs is 4. The second-order valence-electron chi connectivity index (χ2n) is 9.36. The molecule has 0 unspecified atom stereocenters. The Balaban J connectivity index is 1.33. The minimum absolute atomic E-state index is 0.0976. The van der Waals surface area contributed by atoms with Crippen molar-refractivity contribution >= 4 is 11.8 Å². The van der Waals surface area contributed by atoms with Gasteiger partial charge in [0, 0.05) is 43.8 Å². The quantitative estimate of drug-likeness (QED) is 0.699. The minimum atomic E-state index is -0.347. The van der Waals surface area contributed by atoms with Crippen LogP contribution >= 0.6 is 0 Å². The first-order valence-corrected chi connectivity index (χ1v) is 11.2. The fourth-order valence-electron chi connectivity index (χ4n) is 5.99. The van der Waals surface area contributed by atoms with E-state index in [2.05, 4.69) is 20.2 Å². The van der Waals surface area contributed by atoms with E-state index >= 15 is 0 Å². The van der Waals surface area contributed by atoms with Crippen LogP contribution in [0.2, 0.25) is 0 Å². The Morgan fingerprint density at radius 2 is 1.93 bits per heavy atom. The molecule has 5 rings (SSSR count). The standard InChI is InChI=1S/C21H31N5O3/c27-19(13-4-3-5-13)22-10-18-15-8-14(17-6-1-2-7-26(17)18)11-25(12-15)20(28)16-9-23-21(29)24-16/h9,13-15,17-18H,1-8,10-12H2,(H,22,27)(H2,23,24,29)/t14-,15+,17+,18+/m1/s1. The van der Waals surface area contributed by atoms with Gasteiger partial charge in [0.1, 0.15) is 5.69 Å². The molecule has 1 saturated carbocycles. The van der Waals surface area contributed by atoms with E-state index in [0.717, 1.165) is 32.4 Å². The lowest BCUT2D eigenvalue weighted by atomic mass is 9.72. The van der Waals surface area contributed by atoms with Crippen molar-refractivity contribution in [1.29, 1.82) is 0 Å². The molecule has 158 valence electrons. The summed E-state index contributed by atoms with van der Waals surface area (Å²) < 4.78 is 0. The number of H-pyrrole nitrogens is 2.